The molecule has 6 aromatic carbocycles. The third kappa shape index (κ3) is 8.85. The lowest BCUT2D eigenvalue weighted by molar-refractivity contribution is 0.100. The summed E-state index contributed by atoms with van der Waals surface area (Å²) >= 11 is 0. The molecule has 0 radical (unpaired) electrons. The average Bonchev–Trinajstić information content (AvgIpc) is 3.20. The molecule has 0 fully saturated rings. The van der Waals surface area contributed by atoms with Gasteiger partial charge in [0.1, 0.15) is 11.5 Å². The summed E-state index contributed by atoms with van der Waals surface area (Å²) in [6.45, 7) is 21.7. The normalized spacial score (nSPS) is 13.1. The zero-order chi connectivity index (χ0) is 46.3. The zero-order valence-corrected chi connectivity index (χ0v) is 39.9. The van der Waals surface area contributed by atoms with Crippen LogP contribution in [0.4, 0.5) is 0 Å². The molecule has 2 atom stereocenters. The molecule has 10 heteroatoms. The van der Waals surface area contributed by atoms with E-state index in [0.717, 1.165) is 22.3 Å². The van der Waals surface area contributed by atoms with Gasteiger partial charge in [-0.2, -0.15) is 0 Å². The highest BCUT2D eigenvalue weighted by atomic mass is 31.2. The van der Waals surface area contributed by atoms with E-state index in [9.17, 15) is 9.59 Å². The van der Waals surface area contributed by atoms with Crippen LogP contribution in [0.5, 0.6) is 11.5 Å². The lowest BCUT2D eigenvalue weighted by Crippen LogP contribution is -2.20. The van der Waals surface area contributed by atoms with Crippen LogP contribution in [0.1, 0.15) is 119 Å². The number of carbonyl (C=O) groups is 4. The monoisotopic (exact) mass is 880 g/mol. The second-order valence-corrected chi connectivity index (χ2v) is 21.0. The van der Waals surface area contributed by atoms with Crippen LogP contribution in [0.3, 0.4) is 0 Å². The van der Waals surface area contributed by atoms with E-state index < -0.39 is 36.8 Å². The first kappa shape index (κ1) is 46.6. The maximum Gasteiger partial charge on any atom is 0.386 e. The number of para-hydroxylation sites is 2. The van der Waals surface area contributed by atoms with Crippen LogP contribution in [0.15, 0.2) is 97.1 Å². The molecule has 6 rings (SSSR count). The molecular formula is C53H54O8P2. The van der Waals surface area contributed by atoms with E-state index >= 15 is 18.7 Å². The molecule has 63 heavy (non-hydrogen) atoms. The molecule has 0 heterocycles. The topological polar surface area (TPSA) is 121 Å². The van der Waals surface area contributed by atoms with Gasteiger partial charge in [0.15, 0.2) is 0 Å². The first-order chi connectivity index (χ1) is 29.6. The molecule has 0 amide bonds. The summed E-state index contributed by atoms with van der Waals surface area (Å²) in [5.74, 6) is 0.241. The van der Waals surface area contributed by atoms with Crippen LogP contribution in [-0.2, 0) is 15.6 Å². The molecule has 0 bridgehead atoms. The molecule has 0 saturated carbocycles. The van der Waals surface area contributed by atoms with Crippen molar-refractivity contribution in [2.45, 2.75) is 89.5 Å². The van der Waals surface area contributed by atoms with Crippen molar-refractivity contribution >= 4 is 36.8 Å². The van der Waals surface area contributed by atoms with E-state index in [2.05, 4.69) is 0 Å². The van der Waals surface area contributed by atoms with Gasteiger partial charge in [0.25, 0.3) is 22.1 Å². The van der Waals surface area contributed by atoms with Gasteiger partial charge in [0, 0.05) is 22.3 Å². The molecule has 0 aromatic heterocycles. The van der Waals surface area contributed by atoms with Gasteiger partial charge in [-0.05, 0) is 181 Å². The Bertz CT molecular complexity index is 2720. The van der Waals surface area contributed by atoms with Crippen LogP contribution in [-0.4, -0.2) is 22.1 Å². The van der Waals surface area contributed by atoms with Gasteiger partial charge in [-0.3, -0.25) is 28.3 Å². The molecule has 0 aliphatic heterocycles. The van der Waals surface area contributed by atoms with Crippen molar-refractivity contribution in [3.05, 3.63) is 197 Å². The summed E-state index contributed by atoms with van der Waals surface area (Å²) < 4.78 is 42.8. The third-order valence-corrected chi connectivity index (χ3v) is 15.8. The predicted octanol–water partition coefficient (Wildman–Crippen LogP) is 13.7. The summed E-state index contributed by atoms with van der Waals surface area (Å²) in [5.41, 5.74) is 6.28. The van der Waals surface area contributed by atoms with Gasteiger partial charge in [0.2, 0.25) is 0 Å². The quantitative estimate of drug-likeness (QED) is 0.0992. The minimum atomic E-state index is -4.85. The first-order valence-electron chi connectivity index (χ1n) is 20.8. The van der Waals surface area contributed by atoms with Crippen LogP contribution in [0.25, 0.3) is 0 Å². The summed E-state index contributed by atoms with van der Waals surface area (Å²) in [6.07, 6.45) is 0.207. The molecule has 6 aromatic rings. The Morgan fingerprint density at radius 3 is 0.952 bits per heavy atom. The zero-order valence-electron chi connectivity index (χ0n) is 38.1. The Kier molecular flexibility index (Phi) is 13.3. The number of hydrogen-bond donors (Lipinski definition) is 0. The molecular weight excluding hydrogens is 827 g/mol. The van der Waals surface area contributed by atoms with Crippen molar-refractivity contribution in [3.8, 4) is 11.5 Å². The number of aryl methyl sites for hydroxylation is 10. The Morgan fingerprint density at radius 2 is 0.651 bits per heavy atom. The molecule has 8 nitrogen and oxygen atoms in total. The smallest absolute Gasteiger partial charge is 0.386 e. The minimum Gasteiger partial charge on any atom is -0.433 e. The highest BCUT2D eigenvalue weighted by Crippen LogP contribution is 2.56. The van der Waals surface area contributed by atoms with E-state index in [0.29, 0.717) is 55.6 Å². The summed E-state index contributed by atoms with van der Waals surface area (Å²) in [6, 6.07) is 27.4. The first-order valence-corrected chi connectivity index (χ1v) is 24.1. The van der Waals surface area contributed by atoms with Gasteiger partial charge in [-0.15, -0.1) is 0 Å². The van der Waals surface area contributed by atoms with E-state index in [1.165, 1.54) is 0 Å². The predicted molar refractivity (Wildman–Crippen MR) is 252 cm³/mol. The number of benzene rings is 6. The Morgan fingerprint density at radius 1 is 0.381 bits per heavy atom. The molecule has 2 unspecified atom stereocenters. The third-order valence-electron chi connectivity index (χ3n) is 11.8. The fourth-order valence-electron chi connectivity index (χ4n) is 9.07. The number of hydrogen-bond acceptors (Lipinski definition) is 8. The van der Waals surface area contributed by atoms with Crippen LogP contribution < -0.4 is 9.05 Å². The van der Waals surface area contributed by atoms with Crippen molar-refractivity contribution in [2.24, 2.45) is 0 Å². The Labute approximate surface area is 371 Å². The van der Waals surface area contributed by atoms with Crippen molar-refractivity contribution in [3.63, 3.8) is 0 Å². The van der Waals surface area contributed by atoms with Crippen molar-refractivity contribution < 1.29 is 37.4 Å². The van der Waals surface area contributed by atoms with Gasteiger partial charge < -0.3 is 9.05 Å². The molecule has 324 valence electrons. The van der Waals surface area contributed by atoms with E-state index in [1.807, 2.05) is 64.1 Å². The average molecular weight is 881 g/mol. The second kappa shape index (κ2) is 18.0. The molecule has 0 saturated heterocycles. The van der Waals surface area contributed by atoms with Crippen LogP contribution in [0.2, 0.25) is 0 Å². The molecule has 0 aliphatic carbocycles. The van der Waals surface area contributed by atoms with Gasteiger partial charge >= 0.3 is 14.7 Å². The number of rotatable bonds is 14. The van der Waals surface area contributed by atoms with Crippen LogP contribution >= 0.6 is 14.7 Å². The largest absolute Gasteiger partial charge is 0.433 e. The Hall–Kier alpha value is -5.94. The summed E-state index contributed by atoms with van der Waals surface area (Å²) in [7, 11) is -9.69. The maximum absolute atomic E-state index is 15.3. The highest BCUT2D eigenvalue weighted by molar-refractivity contribution is 7.92. The lowest BCUT2D eigenvalue weighted by atomic mass is 9.85. The maximum atomic E-state index is 15.3. The van der Waals surface area contributed by atoms with Crippen molar-refractivity contribution in [1.82, 2.24) is 0 Å². The van der Waals surface area contributed by atoms with Gasteiger partial charge in [-0.1, -0.05) is 83.9 Å². The minimum absolute atomic E-state index is 0.111. The Balaban J connectivity index is 1.49. The van der Waals surface area contributed by atoms with E-state index in [-0.39, 0.29) is 40.2 Å². The molecule has 0 spiro atoms. The van der Waals surface area contributed by atoms with Gasteiger partial charge in [-0.25, -0.2) is 0 Å². The second-order valence-electron chi connectivity index (χ2n) is 16.8. The van der Waals surface area contributed by atoms with Crippen molar-refractivity contribution in [2.75, 3.05) is 0 Å². The summed E-state index contributed by atoms with van der Waals surface area (Å²) in [4.78, 5) is 59.3. The van der Waals surface area contributed by atoms with Crippen LogP contribution in [0, 0.1) is 83.1 Å². The fraction of sp³-hybridized carbons (Fsp3) is 0.245. The molecule has 0 N–H and O–H groups in total. The number of carbonyl (C=O) groups excluding carboxylic acids is 4. The standard InChI is InChI=1S/C53H54O8P2/c1-30-23-34(5)46(35(6)24-30)50(54)62(58,60-42-19-15-13-16-20-42)52(56)48-38(9)27-32(3)44(40(48)11)29-45-33(4)28-39(10)49(41(45)12)53(57)63(59,61-43-21-17-14-18-22-43)51(55)47-36(7)25-31(2)26-37(47)8/h13-28H,29H2,1-12H3. The lowest BCUT2D eigenvalue weighted by Gasteiger charge is -2.24. The SMILES string of the molecule is Cc1cc(C)c(C(=O)P(=O)(Oc2ccccc2)C(=O)c2c(C)cc(C)c(Cc3c(C)cc(C)c(C(=O)P(=O)(Oc4ccccc4)C(=O)c4c(C)cc(C)cc4C)c3C)c2C)c(C)c1. The van der Waals surface area contributed by atoms with E-state index in [1.54, 1.807) is 116 Å². The van der Waals surface area contributed by atoms with E-state index in [4.69, 9.17) is 9.05 Å². The van der Waals surface area contributed by atoms with Crippen molar-refractivity contribution in [1.29, 1.82) is 0 Å². The van der Waals surface area contributed by atoms with Gasteiger partial charge in [0.05, 0.1) is 0 Å². The molecule has 0 aliphatic rings. The summed E-state index contributed by atoms with van der Waals surface area (Å²) in [5, 5.41) is 0. The highest BCUT2D eigenvalue weighted by Gasteiger charge is 2.48. The fourth-order valence-corrected chi connectivity index (χ4v) is 13.2.